The Labute approximate surface area is 125 Å². The Morgan fingerprint density at radius 3 is 3.05 bits per heavy atom. The SMILES string of the molecule is CCNC(=O)Nc1sc2c(c1-c1nc(C)no1)CCOC2. The van der Waals surface area contributed by atoms with Crippen LogP contribution in [0.2, 0.25) is 0 Å². The number of thiophene rings is 1. The third-order valence-corrected chi connectivity index (χ3v) is 4.25. The number of ether oxygens (including phenoxy) is 1. The Bertz CT molecular complexity index is 664. The second kappa shape index (κ2) is 5.82. The summed E-state index contributed by atoms with van der Waals surface area (Å²) in [5.74, 6) is 1.01. The summed E-state index contributed by atoms with van der Waals surface area (Å²) in [4.78, 5) is 17.2. The van der Waals surface area contributed by atoms with Crippen molar-refractivity contribution in [1.82, 2.24) is 15.5 Å². The summed E-state index contributed by atoms with van der Waals surface area (Å²) in [6.07, 6.45) is 0.777. The lowest BCUT2D eigenvalue weighted by Crippen LogP contribution is -2.28. The molecule has 1 aliphatic rings. The van der Waals surface area contributed by atoms with Crippen molar-refractivity contribution in [3.63, 3.8) is 0 Å². The number of aryl methyl sites for hydroxylation is 1. The summed E-state index contributed by atoms with van der Waals surface area (Å²) in [6, 6.07) is -0.241. The average Bonchev–Trinajstić information content (AvgIpc) is 3.01. The van der Waals surface area contributed by atoms with Gasteiger partial charge in [0.25, 0.3) is 5.89 Å². The molecule has 21 heavy (non-hydrogen) atoms. The van der Waals surface area contributed by atoms with Crippen LogP contribution in [0.5, 0.6) is 0 Å². The number of fused-ring (bicyclic) bond motifs is 1. The van der Waals surface area contributed by atoms with E-state index >= 15 is 0 Å². The van der Waals surface area contributed by atoms with E-state index in [9.17, 15) is 4.79 Å². The molecular weight excluding hydrogens is 292 g/mol. The zero-order valence-electron chi connectivity index (χ0n) is 11.9. The highest BCUT2D eigenvalue weighted by Gasteiger charge is 2.26. The van der Waals surface area contributed by atoms with Crippen LogP contribution in [0.25, 0.3) is 11.5 Å². The molecule has 2 aromatic heterocycles. The van der Waals surface area contributed by atoms with E-state index < -0.39 is 0 Å². The maximum atomic E-state index is 11.8. The summed E-state index contributed by atoms with van der Waals surface area (Å²) >= 11 is 1.50. The Hall–Kier alpha value is -1.93. The van der Waals surface area contributed by atoms with Crippen LogP contribution in [-0.4, -0.2) is 29.3 Å². The minimum atomic E-state index is -0.241. The molecule has 3 rings (SSSR count). The van der Waals surface area contributed by atoms with Gasteiger partial charge in [0.2, 0.25) is 0 Å². The standard InChI is InChI=1S/C13H16N4O3S/c1-3-14-13(18)16-12-10(11-15-7(2)17-20-11)8-4-5-19-6-9(8)21-12/h3-6H2,1-2H3,(H2,14,16,18). The molecule has 2 N–H and O–H groups in total. The summed E-state index contributed by atoms with van der Waals surface area (Å²) < 4.78 is 10.8. The van der Waals surface area contributed by atoms with Gasteiger partial charge in [-0.15, -0.1) is 11.3 Å². The van der Waals surface area contributed by atoms with Crippen LogP contribution < -0.4 is 10.6 Å². The molecule has 8 heteroatoms. The number of rotatable bonds is 3. The number of aromatic nitrogens is 2. The monoisotopic (exact) mass is 308 g/mol. The Kier molecular flexibility index (Phi) is 3.89. The third-order valence-electron chi connectivity index (χ3n) is 3.13. The van der Waals surface area contributed by atoms with E-state index in [1.807, 2.05) is 6.92 Å². The van der Waals surface area contributed by atoms with Gasteiger partial charge in [0.15, 0.2) is 5.82 Å². The number of nitrogens with zero attached hydrogens (tertiary/aromatic N) is 2. The zero-order valence-corrected chi connectivity index (χ0v) is 12.7. The molecule has 112 valence electrons. The van der Waals surface area contributed by atoms with E-state index in [-0.39, 0.29) is 6.03 Å². The first kappa shape index (κ1) is 14.0. The van der Waals surface area contributed by atoms with Gasteiger partial charge in [-0.3, -0.25) is 5.32 Å². The van der Waals surface area contributed by atoms with Crippen molar-refractivity contribution < 1.29 is 14.1 Å². The summed E-state index contributed by atoms with van der Waals surface area (Å²) in [5.41, 5.74) is 1.95. The average molecular weight is 308 g/mol. The first-order chi connectivity index (χ1) is 10.2. The van der Waals surface area contributed by atoms with E-state index in [0.717, 1.165) is 27.4 Å². The topological polar surface area (TPSA) is 89.3 Å². The van der Waals surface area contributed by atoms with Gasteiger partial charge < -0.3 is 14.6 Å². The van der Waals surface area contributed by atoms with Crippen LogP contribution in [0.15, 0.2) is 4.52 Å². The molecule has 0 atom stereocenters. The van der Waals surface area contributed by atoms with Crippen LogP contribution in [-0.2, 0) is 17.8 Å². The highest BCUT2D eigenvalue weighted by Crippen LogP contribution is 2.42. The number of amides is 2. The fourth-order valence-corrected chi connectivity index (χ4v) is 3.43. The fraction of sp³-hybridized carbons (Fsp3) is 0.462. The molecule has 0 aromatic carbocycles. The maximum Gasteiger partial charge on any atom is 0.319 e. The minimum Gasteiger partial charge on any atom is -0.376 e. The second-order valence-corrected chi connectivity index (χ2v) is 5.75. The number of carbonyl (C=O) groups excluding carboxylic acids is 1. The van der Waals surface area contributed by atoms with Crippen molar-refractivity contribution in [2.24, 2.45) is 0 Å². The number of urea groups is 1. The van der Waals surface area contributed by atoms with Crippen LogP contribution in [0.1, 0.15) is 23.2 Å². The number of hydrogen-bond acceptors (Lipinski definition) is 6. The van der Waals surface area contributed by atoms with E-state index in [1.165, 1.54) is 11.3 Å². The van der Waals surface area contributed by atoms with Crippen LogP contribution in [0.3, 0.4) is 0 Å². The molecule has 2 aromatic rings. The molecule has 1 aliphatic heterocycles. The van der Waals surface area contributed by atoms with E-state index in [1.54, 1.807) is 6.92 Å². The molecule has 0 bridgehead atoms. The lowest BCUT2D eigenvalue weighted by molar-refractivity contribution is 0.113. The normalized spacial score (nSPS) is 13.8. The Morgan fingerprint density at radius 1 is 1.48 bits per heavy atom. The van der Waals surface area contributed by atoms with E-state index in [0.29, 0.717) is 31.5 Å². The molecule has 0 radical (unpaired) electrons. The van der Waals surface area contributed by atoms with Gasteiger partial charge in [0, 0.05) is 11.4 Å². The predicted octanol–water partition coefficient (Wildman–Crippen LogP) is 2.32. The van der Waals surface area contributed by atoms with Gasteiger partial charge in [-0.2, -0.15) is 4.98 Å². The van der Waals surface area contributed by atoms with E-state index in [4.69, 9.17) is 9.26 Å². The minimum absolute atomic E-state index is 0.241. The number of nitrogens with one attached hydrogen (secondary N) is 2. The van der Waals surface area contributed by atoms with Crippen LogP contribution in [0.4, 0.5) is 9.80 Å². The molecule has 0 saturated heterocycles. The van der Waals surface area contributed by atoms with Crippen molar-refractivity contribution in [3.05, 3.63) is 16.3 Å². The van der Waals surface area contributed by atoms with Crippen LogP contribution in [0, 0.1) is 6.92 Å². The van der Waals surface area contributed by atoms with Gasteiger partial charge in [0.05, 0.1) is 18.8 Å². The predicted molar refractivity (Wildman–Crippen MR) is 78.4 cm³/mol. The largest absolute Gasteiger partial charge is 0.376 e. The number of carbonyl (C=O) groups is 1. The second-order valence-electron chi connectivity index (χ2n) is 4.64. The first-order valence-corrected chi connectivity index (χ1v) is 7.58. The number of anilines is 1. The van der Waals surface area contributed by atoms with Crippen molar-refractivity contribution in [1.29, 1.82) is 0 Å². The summed E-state index contributed by atoms with van der Waals surface area (Å²) in [5, 5.41) is 10.1. The van der Waals surface area contributed by atoms with Crippen molar-refractivity contribution >= 4 is 22.4 Å². The molecule has 0 saturated carbocycles. The van der Waals surface area contributed by atoms with Gasteiger partial charge in [-0.25, -0.2) is 4.79 Å². The van der Waals surface area contributed by atoms with E-state index in [2.05, 4.69) is 20.8 Å². The lowest BCUT2D eigenvalue weighted by atomic mass is 10.1. The molecule has 3 heterocycles. The maximum absolute atomic E-state index is 11.8. The van der Waals surface area contributed by atoms with Gasteiger partial charge in [-0.05, 0) is 25.8 Å². The molecule has 7 nitrogen and oxygen atoms in total. The number of hydrogen-bond donors (Lipinski definition) is 2. The van der Waals surface area contributed by atoms with Gasteiger partial charge in [-0.1, -0.05) is 5.16 Å². The van der Waals surface area contributed by atoms with Crippen molar-refractivity contribution in [2.75, 3.05) is 18.5 Å². The van der Waals surface area contributed by atoms with Gasteiger partial charge >= 0.3 is 6.03 Å². The van der Waals surface area contributed by atoms with Crippen molar-refractivity contribution in [3.8, 4) is 11.5 Å². The summed E-state index contributed by atoms with van der Waals surface area (Å²) in [6.45, 7) is 5.41. The highest BCUT2D eigenvalue weighted by molar-refractivity contribution is 7.17. The first-order valence-electron chi connectivity index (χ1n) is 6.77. The fourth-order valence-electron chi connectivity index (χ4n) is 2.25. The molecular formula is C13H16N4O3S. The molecule has 0 fully saturated rings. The third kappa shape index (κ3) is 2.77. The van der Waals surface area contributed by atoms with Crippen LogP contribution >= 0.6 is 11.3 Å². The molecule has 0 spiro atoms. The zero-order chi connectivity index (χ0) is 14.8. The van der Waals surface area contributed by atoms with Gasteiger partial charge in [0.1, 0.15) is 5.00 Å². The Balaban J connectivity index is 2.02. The lowest BCUT2D eigenvalue weighted by Gasteiger charge is -2.12. The van der Waals surface area contributed by atoms with Crippen molar-refractivity contribution in [2.45, 2.75) is 26.9 Å². The molecule has 2 amide bonds. The smallest absolute Gasteiger partial charge is 0.319 e. The highest BCUT2D eigenvalue weighted by atomic mass is 32.1. The quantitative estimate of drug-likeness (QED) is 0.908. The summed E-state index contributed by atoms with van der Waals surface area (Å²) in [7, 11) is 0. The Morgan fingerprint density at radius 2 is 2.33 bits per heavy atom. The molecule has 0 aliphatic carbocycles. The molecule has 0 unspecified atom stereocenters.